The highest BCUT2D eigenvalue weighted by molar-refractivity contribution is 7.92. The van der Waals surface area contributed by atoms with Crippen molar-refractivity contribution >= 4 is 21.6 Å². The van der Waals surface area contributed by atoms with Crippen LogP contribution in [0.25, 0.3) is 0 Å². The largest absolute Gasteiger partial charge is 0.476 e. The highest BCUT2D eigenvalue weighted by Gasteiger charge is 2.34. The summed E-state index contributed by atoms with van der Waals surface area (Å²) in [6.45, 7) is 2.05. The topological polar surface area (TPSA) is 88.6 Å². The van der Waals surface area contributed by atoms with Crippen LogP contribution in [-0.2, 0) is 21.4 Å². The fraction of sp³-hybridized carbons (Fsp3) is 0.294. The number of ether oxygens (including phenoxy) is 1. The van der Waals surface area contributed by atoms with Crippen molar-refractivity contribution in [1.29, 1.82) is 0 Å². The molecule has 0 radical (unpaired) electrons. The summed E-state index contributed by atoms with van der Waals surface area (Å²) in [7, 11) is -3.53. The highest BCUT2D eigenvalue weighted by Crippen LogP contribution is 2.35. The Morgan fingerprint density at radius 3 is 2.84 bits per heavy atom. The molecule has 1 N–H and O–H groups in total. The van der Waals surface area contributed by atoms with Gasteiger partial charge in [0.05, 0.1) is 30.7 Å². The van der Waals surface area contributed by atoms with Gasteiger partial charge in [0.25, 0.3) is 5.91 Å². The Bertz CT molecular complexity index is 884. The normalized spacial score (nSPS) is 16.7. The zero-order valence-electron chi connectivity index (χ0n) is 14.0. The van der Waals surface area contributed by atoms with Crippen LogP contribution >= 0.6 is 0 Å². The summed E-state index contributed by atoms with van der Waals surface area (Å²) in [5.74, 6) is -0.00853. The summed E-state index contributed by atoms with van der Waals surface area (Å²) in [5.41, 5.74) is 2.08. The van der Waals surface area contributed by atoms with Crippen molar-refractivity contribution in [2.75, 3.05) is 17.1 Å². The van der Waals surface area contributed by atoms with E-state index < -0.39 is 16.1 Å². The van der Waals surface area contributed by atoms with Gasteiger partial charge in [-0.1, -0.05) is 12.1 Å². The van der Waals surface area contributed by atoms with Crippen LogP contribution in [0.4, 0.5) is 5.69 Å². The second-order valence-electron chi connectivity index (χ2n) is 5.91. The zero-order valence-corrected chi connectivity index (χ0v) is 14.8. The molecule has 2 aromatic rings. The van der Waals surface area contributed by atoms with E-state index in [1.54, 1.807) is 30.5 Å². The number of hydrogen-bond acceptors (Lipinski definition) is 5. The Morgan fingerprint density at radius 1 is 1.36 bits per heavy atom. The molecule has 0 saturated heterocycles. The van der Waals surface area contributed by atoms with Crippen molar-refractivity contribution in [3.63, 3.8) is 0 Å². The van der Waals surface area contributed by atoms with Gasteiger partial charge in [-0.2, -0.15) is 0 Å². The van der Waals surface area contributed by atoms with Crippen LogP contribution < -0.4 is 14.4 Å². The first-order valence-corrected chi connectivity index (χ1v) is 9.62. The average Bonchev–Trinajstić information content (AvgIpc) is 2.58. The van der Waals surface area contributed by atoms with Crippen molar-refractivity contribution < 1.29 is 17.9 Å². The molecule has 1 aromatic carbocycles. The maximum Gasteiger partial charge on any atom is 0.263 e. The predicted molar refractivity (Wildman–Crippen MR) is 93.9 cm³/mol. The first kappa shape index (κ1) is 17.2. The molecule has 1 unspecified atom stereocenters. The van der Waals surface area contributed by atoms with Crippen LogP contribution in [0.15, 0.2) is 42.6 Å². The molecule has 0 aliphatic carbocycles. The second kappa shape index (κ2) is 6.72. The molecule has 1 aliphatic rings. The zero-order chi connectivity index (χ0) is 18.0. The first-order chi connectivity index (χ1) is 11.8. The SMILES string of the molecule is Cc1ccc2c(c1)N(S(C)(=O)=O)CC(C(=O)NCc1ccccn1)O2. The van der Waals surface area contributed by atoms with Crippen molar-refractivity contribution in [1.82, 2.24) is 10.3 Å². The van der Waals surface area contributed by atoms with Crippen molar-refractivity contribution in [3.05, 3.63) is 53.9 Å². The molecule has 1 aliphatic heterocycles. The number of pyridine rings is 1. The molecule has 0 saturated carbocycles. The molecular formula is C17H19N3O4S. The van der Waals surface area contributed by atoms with Crippen LogP contribution in [0.1, 0.15) is 11.3 Å². The Hall–Kier alpha value is -2.61. The summed E-state index contributed by atoms with van der Waals surface area (Å²) in [6, 6.07) is 10.6. The van der Waals surface area contributed by atoms with E-state index in [0.29, 0.717) is 17.1 Å². The fourth-order valence-electron chi connectivity index (χ4n) is 2.61. The number of amides is 1. The minimum Gasteiger partial charge on any atom is -0.476 e. The van der Waals surface area contributed by atoms with E-state index in [0.717, 1.165) is 11.8 Å². The van der Waals surface area contributed by atoms with Crippen LogP contribution in [0.5, 0.6) is 5.75 Å². The maximum absolute atomic E-state index is 12.4. The molecule has 1 aromatic heterocycles. The molecule has 0 spiro atoms. The first-order valence-electron chi connectivity index (χ1n) is 7.77. The van der Waals surface area contributed by atoms with Crippen LogP contribution in [0, 0.1) is 6.92 Å². The van der Waals surface area contributed by atoms with Gasteiger partial charge in [0.15, 0.2) is 6.10 Å². The summed E-state index contributed by atoms with van der Waals surface area (Å²) in [5, 5.41) is 2.73. The molecule has 1 atom stereocenters. The van der Waals surface area contributed by atoms with Gasteiger partial charge >= 0.3 is 0 Å². The lowest BCUT2D eigenvalue weighted by molar-refractivity contribution is -0.127. The number of nitrogens with zero attached hydrogens (tertiary/aromatic N) is 2. The molecule has 2 heterocycles. The number of aromatic nitrogens is 1. The fourth-order valence-corrected chi connectivity index (χ4v) is 3.51. The lowest BCUT2D eigenvalue weighted by Crippen LogP contribution is -2.50. The van der Waals surface area contributed by atoms with E-state index in [1.807, 2.05) is 19.1 Å². The van der Waals surface area contributed by atoms with E-state index >= 15 is 0 Å². The van der Waals surface area contributed by atoms with E-state index in [1.165, 1.54) is 4.31 Å². The van der Waals surface area contributed by atoms with E-state index in [2.05, 4.69) is 10.3 Å². The van der Waals surface area contributed by atoms with Gasteiger partial charge in [-0.05, 0) is 36.8 Å². The number of carbonyl (C=O) groups is 1. The Labute approximate surface area is 146 Å². The Balaban J connectivity index is 1.79. The van der Waals surface area contributed by atoms with Gasteiger partial charge in [0.1, 0.15) is 5.75 Å². The predicted octanol–water partition coefficient (Wildman–Crippen LogP) is 1.23. The van der Waals surface area contributed by atoms with Crippen molar-refractivity contribution in [2.24, 2.45) is 0 Å². The molecule has 0 fully saturated rings. The third kappa shape index (κ3) is 3.90. The summed E-state index contributed by atoms with van der Waals surface area (Å²) in [4.78, 5) is 16.6. The van der Waals surface area contributed by atoms with Crippen molar-refractivity contribution in [2.45, 2.75) is 19.6 Å². The lowest BCUT2D eigenvalue weighted by Gasteiger charge is -2.34. The number of rotatable bonds is 4. The summed E-state index contributed by atoms with van der Waals surface area (Å²) < 4.78 is 31.2. The molecule has 7 nitrogen and oxygen atoms in total. The molecule has 0 bridgehead atoms. The molecule has 8 heteroatoms. The molecule has 25 heavy (non-hydrogen) atoms. The highest BCUT2D eigenvalue weighted by atomic mass is 32.2. The number of benzene rings is 1. The minimum atomic E-state index is -3.53. The van der Waals surface area contributed by atoms with Gasteiger partial charge < -0.3 is 10.1 Å². The third-order valence-corrected chi connectivity index (χ3v) is 4.99. The molecular weight excluding hydrogens is 342 g/mol. The number of nitrogens with one attached hydrogen (secondary N) is 1. The van der Waals surface area contributed by atoms with Gasteiger partial charge in [-0.15, -0.1) is 0 Å². The Morgan fingerprint density at radius 2 is 2.16 bits per heavy atom. The van der Waals surface area contributed by atoms with Gasteiger partial charge in [0, 0.05) is 6.20 Å². The second-order valence-corrected chi connectivity index (χ2v) is 7.82. The lowest BCUT2D eigenvalue weighted by atomic mass is 10.1. The number of sulfonamides is 1. The number of carbonyl (C=O) groups excluding carboxylic acids is 1. The van der Waals surface area contributed by atoms with E-state index in [9.17, 15) is 13.2 Å². The summed E-state index contributed by atoms with van der Waals surface area (Å²) >= 11 is 0. The molecule has 132 valence electrons. The number of aryl methyl sites for hydroxylation is 1. The maximum atomic E-state index is 12.4. The van der Waals surface area contributed by atoms with E-state index in [-0.39, 0.29) is 19.0 Å². The van der Waals surface area contributed by atoms with Crippen LogP contribution in [-0.4, -0.2) is 38.2 Å². The number of fused-ring (bicyclic) bond motifs is 1. The van der Waals surface area contributed by atoms with E-state index in [4.69, 9.17) is 4.74 Å². The Kier molecular flexibility index (Phi) is 4.63. The average molecular weight is 361 g/mol. The van der Waals surface area contributed by atoms with Crippen LogP contribution in [0.2, 0.25) is 0 Å². The third-order valence-electron chi connectivity index (χ3n) is 3.85. The van der Waals surface area contributed by atoms with Crippen molar-refractivity contribution in [3.8, 4) is 5.75 Å². The number of hydrogen-bond donors (Lipinski definition) is 1. The van der Waals surface area contributed by atoms with Crippen LogP contribution in [0.3, 0.4) is 0 Å². The summed E-state index contributed by atoms with van der Waals surface area (Å²) in [6.07, 6.45) is 1.84. The molecule has 1 amide bonds. The smallest absolute Gasteiger partial charge is 0.263 e. The van der Waals surface area contributed by atoms with Gasteiger partial charge in [-0.3, -0.25) is 14.1 Å². The standard InChI is InChI=1S/C17H19N3O4S/c1-12-6-7-15-14(9-12)20(25(2,22)23)11-16(24-15)17(21)19-10-13-5-3-4-8-18-13/h3-9,16H,10-11H2,1-2H3,(H,19,21). The van der Waals surface area contributed by atoms with Gasteiger partial charge in [-0.25, -0.2) is 8.42 Å². The minimum absolute atomic E-state index is 0.0661. The monoisotopic (exact) mass is 361 g/mol. The number of anilines is 1. The quantitative estimate of drug-likeness (QED) is 0.885. The van der Waals surface area contributed by atoms with Gasteiger partial charge in [0.2, 0.25) is 10.0 Å². The molecule has 3 rings (SSSR count).